The van der Waals surface area contributed by atoms with Crippen molar-refractivity contribution in [2.24, 2.45) is 0 Å². The molecule has 0 aromatic heterocycles. The third kappa shape index (κ3) is 7.71. The number of benzene rings is 1. The minimum absolute atomic E-state index is 0.0710. The van der Waals surface area contributed by atoms with Crippen LogP contribution >= 0.6 is 0 Å². The zero-order valence-corrected chi connectivity index (χ0v) is 18.1. The van der Waals surface area contributed by atoms with Gasteiger partial charge in [-0.3, -0.25) is 10.1 Å². The number of nitrogens with zero attached hydrogens (tertiary/aromatic N) is 2. The Kier molecular flexibility index (Phi) is 9.16. The standard InChI is InChI=1S/C22H34N2O4/c1-7-9-13-23(14-10-8-2)19-12-11-18(16-20(19)24(26)27)17(3)15-21(25)28-22(4,5)6/h11-12,15-16H,7-10,13-14H2,1-6H3/b17-15+. The first-order valence-electron chi connectivity index (χ1n) is 10.0. The van der Waals surface area contributed by atoms with E-state index in [0.717, 1.165) is 38.8 Å². The van der Waals surface area contributed by atoms with Gasteiger partial charge in [0, 0.05) is 25.2 Å². The number of unbranched alkanes of at least 4 members (excludes halogenated alkanes) is 2. The number of carbonyl (C=O) groups is 1. The molecule has 0 aliphatic heterocycles. The summed E-state index contributed by atoms with van der Waals surface area (Å²) in [4.78, 5) is 25.5. The van der Waals surface area contributed by atoms with Crippen LogP contribution < -0.4 is 4.90 Å². The van der Waals surface area contributed by atoms with E-state index in [4.69, 9.17) is 4.74 Å². The van der Waals surface area contributed by atoms with Crippen LogP contribution in [0.15, 0.2) is 24.3 Å². The molecule has 0 amide bonds. The van der Waals surface area contributed by atoms with Crippen molar-refractivity contribution in [2.75, 3.05) is 18.0 Å². The summed E-state index contributed by atoms with van der Waals surface area (Å²) in [5, 5.41) is 11.7. The van der Waals surface area contributed by atoms with Crippen molar-refractivity contribution in [1.82, 2.24) is 0 Å². The van der Waals surface area contributed by atoms with E-state index in [0.29, 0.717) is 16.8 Å². The van der Waals surface area contributed by atoms with E-state index >= 15 is 0 Å². The molecule has 28 heavy (non-hydrogen) atoms. The third-order valence-electron chi connectivity index (χ3n) is 4.27. The van der Waals surface area contributed by atoms with E-state index in [-0.39, 0.29) is 10.6 Å². The van der Waals surface area contributed by atoms with Gasteiger partial charge in [-0.1, -0.05) is 32.8 Å². The molecule has 0 aliphatic rings. The van der Waals surface area contributed by atoms with E-state index in [9.17, 15) is 14.9 Å². The van der Waals surface area contributed by atoms with Crippen LogP contribution in [0.1, 0.15) is 72.8 Å². The fourth-order valence-corrected chi connectivity index (χ4v) is 2.82. The van der Waals surface area contributed by atoms with Crippen molar-refractivity contribution in [1.29, 1.82) is 0 Å². The summed E-state index contributed by atoms with van der Waals surface area (Å²) in [7, 11) is 0. The average Bonchev–Trinajstić information content (AvgIpc) is 2.59. The normalized spacial score (nSPS) is 12.0. The fraction of sp³-hybridized carbons (Fsp3) is 0.591. The highest BCUT2D eigenvalue weighted by Crippen LogP contribution is 2.32. The SMILES string of the molecule is CCCCN(CCCC)c1ccc(/C(C)=C/C(=O)OC(C)(C)C)cc1[N+](=O)[O-]. The van der Waals surface area contributed by atoms with Crippen LogP contribution in [0.2, 0.25) is 0 Å². The molecule has 0 aliphatic carbocycles. The quantitative estimate of drug-likeness (QED) is 0.220. The molecular formula is C22H34N2O4. The summed E-state index contributed by atoms with van der Waals surface area (Å²) in [6, 6.07) is 5.19. The van der Waals surface area contributed by atoms with E-state index in [1.54, 1.807) is 39.8 Å². The lowest BCUT2D eigenvalue weighted by atomic mass is 10.0. The number of nitro groups is 1. The number of carbonyl (C=O) groups excluding carboxylic acids is 1. The Bertz CT molecular complexity index is 697. The summed E-state index contributed by atoms with van der Waals surface area (Å²) in [6.07, 6.45) is 5.43. The van der Waals surface area contributed by atoms with Gasteiger partial charge < -0.3 is 9.64 Å². The molecule has 1 aromatic rings. The summed E-state index contributed by atoms with van der Waals surface area (Å²) in [5.41, 5.74) is 1.41. The molecule has 6 heteroatoms. The summed E-state index contributed by atoms with van der Waals surface area (Å²) >= 11 is 0. The highest BCUT2D eigenvalue weighted by Gasteiger charge is 2.21. The molecule has 0 spiro atoms. The second-order valence-electron chi connectivity index (χ2n) is 8.02. The average molecular weight is 391 g/mol. The molecule has 0 N–H and O–H groups in total. The van der Waals surface area contributed by atoms with Crippen molar-refractivity contribution >= 4 is 22.9 Å². The molecule has 0 atom stereocenters. The van der Waals surface area contributed by atoms with Crippen LogP contribution in [0.4, 0.5) is 11.4 Å². The van der Waals surface area contributed by atoms with Gasteiger partial charge in [0.2, 0.25) is 0 Å². The van der Waals surface area contributed by atoms with Crippen molar-refractivity contribution in [3.05, 3.63) is 40.0 Å². The van der Waals surface area contributed by atoms with Gasteiger partial charge in [-0.25, -0.2) is 4.79 Å². The predicted octanol–water partition coefficient (Wildman–Crippen LogP) is 5.75. The van der Waals surface area contributed by atoms with Crippen molar-refractivity contribution in [3.63, 3.8) is 0 Å². The second kappa shape index (κ2) is 10.8. The number of ether oxygens (including phenoxy) is 1. The predicted molar refractivity (Wildman–Crippen MR) is 115 cm³/mol. The number of rotatable bonds is 10. The van der Waals surface area contributed by atoms with Crippen LogP contribution in [0, 0.1) is 10.1 Å². The smallest absolute Gasteiger partial charge is 0.331 e. The first-order valence-corrected chi connectivity index (χ1v) is 10.0. The molecule has 6 nitrogen and oxygen atoms in total. The topological polar surface area (TPSA) is 72.7 Å². The zero-order valence-electron chi connectivity index (χ0n) is 18.1. The van der Waals surface area contributed by atoms with Gasteiger partial charge in [0.15, 0.2) is 0 Å². The molecule has 0 unspecified atom stereocenters. The van der Waals surface area contributed by atoms with Gasteiger partial charge in [0.25, 0.3) is 5.69 Å². The molecule has 1 aromatic carbocycles. The van der Waals surface area contributed by atoms with E-state index < -0.39 is 11.6 Å². The van der Waals surface area contributed by atoms with E-state index in [1.807, 2.05) is 6.07 Å². The summed E-state index contributed by atoms with van der Waals surface area (Å²) in [6.45, 7) is 13.0. The largest absolute Gasteiger partial charge is 0.457 e. The molecule has 0 heterocycles. The van der Waals surface area contributed by atoms with Gasteiger partial charge in [-0.2, -0.15) is 0 Å². The summed E-state index contributed by atoms with van der Waals surface area (Å²) < 4.78 is 5.30. The van der Waals surface area contributed by atoms with Gasteiger partial charge >= 0.3 is 5.97 Å². The monoisotopic (exact) mass is 390 g/mol. The number of allylic oxidation sites excluding steroid dienone is 1. The molecule has 0 radical (unpaired) electrons. The molecule has 0 saturated heterocycles. The van der Waals surface area contributed by atoms with Crippen LogP contribution in [-0.4, -0.2) is 29.6 Å². The number of hydrogen-bond donors (Lipinski definition) is 0. The number of esters is 1. The van der Waals surface area contributed by atoms with Gasteiger partial charge in [-0.05, 0) is 57.7 Å². The van der Waals surface area contributed by atoms with Crippen LogP contribution in [0.3, 0.4) is 0 Å². The first kappa shape index (κ1) is 23.7. The van der Waals surface area contributed by atoms with Gasteiger partial charge in [0.1, 0.15) is 11.3 Å². The maximum absolute atomic E-state index is 12.0. The van der Waals surface area contributed by atoms with Crippen LogP contribution in [0.5, 0.6) is 0 Å². The number of hydrogen-bond acceptors (Lipinski definition) is 5. The van der Waals surface area contributed by atoms with E-state index in [1.165, 1.54) is 6.08 Å². The third-order valence-corrected chi connectivity index (χ3v) is 4.27. The van der Waals surface area contributed by atoms with Crippen LogP contribution in [0.25, 0.3) is 5.57 Å². The molecule has 0 fully saturated rings. The Hall–Kier alpha value is -2.37. The van der Waals surface area contributed by atoms with Crippen LogP contribution in [-0.2, 0) is 9.53 Å². The first-order chi connectivity index (χ1) is 13.1. The van der Waals surface area contributed by atoms with Crippen molar-refractivity contribution in [3.8, 4) is 0 Å². The number of anilines is 1. The Labute approximate surface area is 168 Å². The zero-order chi connectivity index (χ0) is 21.3. The van der Waals surface area contributed by atoms with Crippen molar-refractivity contribution < 1.29 is 14.5 Å². The maximum atomic E-state index is 12.0. The Balaban J connectivity index is 3.21. The minimum atomic E-state index is -0.581. The van der Waals surface area contributed by atoms with E-state index in [2.05, 4.69) is 18.7 Å². The lowest BCUT2D eigenvalue weighted by Gasteiger charge is -2.24. The lowest BCUT2D eigenvalue weighted by molar-refractivity contribution is -0.384. The molecular weight excluding hydrogens is 356 g/mol. The maximum Gasteiger partial charge on any atom is 0.331 e. The Morgan fingerprint density at radius 2 is 1.75 bits per heavy atom. The van der Waals surface area contributed by atoms with Gasteiger partial charge in [0.05, 0.1) is 4.92 Å². The van der Waals surface area contributed by atoms with Gasteiger partial charge in [-0.15, -0.1) is 0 Å². The highest BCUT2D eigenvalue weighted by atomic mass is 16.6. The second-order valence-corrected chi connectivity index (χ2v) is 8.02. The Morgan fingerprint density at radius 1 is 1.18 bits per heavy atom. The fourth-order valence-electron chi connectivity index (χ4n) is 2.82. The molecule has 0 bridgehead atoms. The van der Waals surface area contributed by atoms with Crippen molar-refractivity contribution in [2.45, 2.75) is 72.8 Å². The molecule has 0 saturated carbocycles. The minimum Gasteiger partial charge on any atom is -0.457 e. The highest BCUT2D eigenvalue weighted by molar-refractivity contribution is 5.91. The lowest BCUT2D eigenvalue weighted by Crippen LogP contribution is -2.26. The number of nitro benzene ring substituents is 1. The Morgan fingerprint density at radius 3 is 2.21 bits per heavy atom. The molecule has 156 valence electrons. The molecule has 1 rings (SSSR count). The summed E-state index contributed by atoms with van der Waals surface area (Å²) in [5.74, 6) is -0.454.